The van der Waals surface area contributed by atoms with Crippen molar-refractivity contribution in [2.45, 2.75) is 0 Å². The van der Waals surface area contributed by atoms with Gasteiger partial charge in [0, 0.05) is 29.4 Å². The molecule has 5 nitrogen and oxygen atoms in total. The summed E-state index contributed by atoms with van der Waals surface area (Å²) in [5.74, 6) is -0.497. The highest BCUT2D eigenvalue weighted by Gasteiger charge is 2.11. The molecule has 1 amide bonds. The van der Waals surface area contributed by atoms with E-state index in [9.17, 15) is 9.18 Å². The fourth-order valence-electron chi connectivity index (χ4n) is 2.64. The molecular formula is C20H17ClFN3O2. The van der Waals surface area contributed by atoms with Crippen LogP contribution < -0.4 is 11.1 Å². The smallest absolute Gasteiger partial charge is 0.251 e. The van der Waals surface area contributed by atoms with Gasteiger partial charge in [-0.1, -0.05) is 29.8 Å². The second-order valence-electron chi connectivity index (χ2n) is 5.85. The summed E-state index contributed by atoms with van der Waals surface area (Å²) in [5.41, 5.74) is 9.22. The number of nitrogens with zero attached hydrogens (tertiary/aromatic N) is 1. The lowest BCUT2D eigenvalue weighted by molar-refractivity contribution is 0.0945. The molecule has 4 N–H and O–H groups in total. The van der Waals surface area contributed by atoms with Crippen LogP contribution in [0.25, 0.3) is 22.3 Å². The zero-order valence-corrected chi connectivity index (χ0v) is 15.0. The topological polar surface area (TPSA) is 88.2 Å². The summed E-state index contributed by atoms with van der Waals surface area (Å²) in [5, 5.41) is 11.4. The number of hydrogen-bond acceptors (Lipinski definition) is 4. The maximum Gasteiger partial charge on any atom is 0.251 e. The van der Waals surface area contributed by atoms with Crippen molar-refractivity contribution in [3.8, 4) is 22.3 Å². The number of nitrogens with two attached hydrogens (primary N) is 1. The van der Waals surface area contributed by atoms with E-state index >= 15 is 0 Å². The normalized spacial score (nSPS) is 10.6. The molecule has 7 heteroatoms. The van der Waals surface area contributed by atoms with Crippen LogP contribution in [0.4, 0.5) is 10.2 Å². The molecule has 0 aliphatic heterocycles. The summed E-state index contributed by atoms with van der Waals surface area (Å²) in [7, 11) is 0. The van der Waals surface area contributed by atoms with Crippen LogP contribution in [-0.2, 0) is 0 Å². The van der Waals surface area contributed by atoms with Gasteiger partial charge in [0.1, 0.15) is 11.6 Å². The van der Waals surface area contributed by atoms with Crippen molar-refractivity contribution in [1.82, 2.24) is 10.3 Å². The van der Waals surface area contributed by atoms with Crippen LogP contribution in [0.15, 0.2) is 54.7 Å². The number of aliphatic hydroxyl groups is 1. The largest absolute Gasteiger partial charge is 0.395 e. The highest BCUT2D eigenvalue weighted by molar-refractivity contribution is 6.31. The number of aliphatic hydroxyl groups excluding tert-OH is 1. The average molecular weight is 386 g/mol. The summed E-state index contributed by atoms with van der Waals surface area (Å²) >= 11 is 5.87. The van der Waals surface area contributed by atoms with Gasteiger partial charge >= 0.3 is 0 Å². The summed E-state index contributed by atoms with van der Waals surface area (Å²) in [6, 6.07) is 13.2. The van der Waals surface area contributed by atoms with Crippen molar-refractivity contribution >= 4 is 23.3 Å². The maximum atomic E-state index is 13.4. The number of aromatic nitrogens is 1. The maximum absolute atomic E-state index is 13.4. The number of benzene rings is 2. The summed E-state index contributed by atoms with van der Waals surface area (Å²) in [6.45, 7) is 0.0544. The van der Waals surface area contributed by atoms with Crippen LogP contribution in [0.1, 0.15) is 10.4 Å². The second-order valence-corrected chi connectivity index (χ2v) is 6.25. The van der Waals surface area contributed by atoms with E-state index in [4.69, 9.17) is 22.4 Å². The fourth-order valence-corrected chi connectivity index (χ4v) is 2.82. The van der Waals surface area contributed by atoms with Crippen LogP contribution in [0.3, 0.4) is 0 Å². The van der Waals surface area contributed by atoms with E-state index in [2.05, 4.69) is 10.3 Å². The van der Waals surface area contributed by atoms with E-state index in [1.54, 1.807) is 30.5 Å². The molecule has 3 aromatic rings. The number of pyridine rings is 1. The Bertz CT molecular complexity index is 995. The Morgan fingerprint density at radius 1 is 1.15 bits per heavy atom. The van der Waals surface area contributed by atoms with E-state index in [1.807, 2.05) is 12.1 Å². The van der Waals surface area contributed by atoms with Crippen molar-refractivity contribution in [2.75, 3.05) is 18.9 Å². The number of carbonyl (C=O) groups is 1. The summed E-state index contributed by atoms with van der Waals surface area (Å²) < 4.78 is 13.4. The van der Waals surface area contributed by atoms with Crippen molar-refractivity contribution in [1.29, 1.82) is 0 Å². The quantitative estimate of drug-likeness (QED) is 0.627. The molecule has 0 aliphatic rings. The molecule has 0 saturated carbocycles. The predicted molar refractivity (Wildman–Crippen MR) is 104 cm³/mol. The first-order valence-corrected chi connectivity index (χ1v) is 8.58. The van der Waals surface area contributed by atoms with Crippen molar-refractivity contribution in [3.05, 3.63) is 71.1 Å². The molecule has 3 rings (SSSR count). The number of halogens is 2. The molecule has 2 aromatic carbocycles. The molecule has 0 atom stereocenters. The first-order chi connectivity index (χ1) is 13.0. The minimum atomic E-state index is -0.510. The van der Waals surface area contributed by atoms with Gasteiger partial charge in [-0.3, -0.25) is 4.79 Å². The average Bonchev–Trinajstić information content (AvgIpc) is 2.69. The highest BCUT2D eigenvalue weighted by atomic mass is 35.5. The first kappa shape index (κ1) is 18.8. The van der Waals surface area contributed by atoms with E-state index in [-0.39, 0.29) is 24.1 Å². The van der Waals surface area contributed by atoms with Crippen LogP contribution >= 0.6 is 11.6 Å². The number of amides is 1. The Morgan fingerprint density at radius 3 is 2.70 bits per heavy atom. The van der Waals surface area contributed by atoms with Crippen LogP contribution in [0.5, 0.6) is 0 Å². The Morgan fingerprint density at radius 2 is 1.96 bits per heavy atom. The molecule has 0 bridgehead atoms. The van der Waals surface area contributed by atoms with Gasteiger partial charge in [-0.2, -0.15) is 0 Å². The molecule has 0 unspecified atom stereocenters. The lowest BCUT2D eigenvalue weighted by Crippen LogP contribution is -2.26. The zero-order valence-electron chi connectivity index (χ0n) is 14.2. The van der Waals surface area contributed by atoms with Gasteiger partial charge < -0.3 is 16.2 Å². The molecule has 0 fully saturated rings. The number of hydrogen-bond donors (Lipinski definition) is 3. The number of nitrogens with one attached hydrogen (secondary N) is 1. The van der Waals surface area contributed by atoms with Crippen molar-refractivity contribution in [3.63, 3.8) is 0 Å². The zero-order chi connectivity index (χ0) is 19.4. The van der Waals surface area contributed by atoms with E-state index in [0.29, 0.717) is 22.5 Å². The van der Waals surface area contributed by atoms with Gasteiger partial charge in [-0.25, -0.2) is 9.37 Å². The highest BCUT2D eigenvalue weighted by Crippen LogP contribution is 2.32. The SMILES string of the molecule is Nc1ncc(-c2cccc(C(=O)NCCO)c2)cc1-c1ccc(F)c(Cl)c1. The third-order valence-electron chi connectivity index (χ3n) is 4.00. The predicted octanol–water partition coefficient (Wildman–Crippen LogP) is 3.51. The van der Waals surface area contributed by atoms with E-state index in [1.165, 1.54) is 12.1 Å². The van der Waals surface area contributed by atoms with Crippen LogP contribution in [0, 0.1) is 5.82 Å². The first-order valence-electron chi connectivity index (χ1n) is 8.20. The Hall–Kier alpha value is -2.96. The molecular weight excluding hydrogens is 369 g/mol. The summed E-state index contributed by atoms with van der Waals surface area (Å²) in [6.07, 6.45) is 1.61. The number of nitrogen functional groups attached to an aromatic ring is 1. The molecule has 0 spiro atoms. The third-order valence-corrected chi connectivity index (χ3v) is 4.29. The third kappa shape index (κ3) is 4.24. The number of rotatable bonds is 5. The van der Waals surface area contributed by atoms with Gasteiger partial charge in [0.2, 0.25) is 0 Å². The van der Waals surface area contributed by atoms with Crippen LogP contribution in [-0.4, -0.2) is 29.1 Å². The molecule has 138 valence electrons. The number of anilines is 1. The molecule has 1 aromatic heterocycles. The molecule has 27 heavy (non-hydrogen) atoms. The van der Waals surface area contributed by atoms with E-state index < -0.39 is 5.82 Å². The van der Waals surface area contributed by atoms with Crippen LogP contribution in [0.2, 0.25) is 5.02 Å². The standard InChI is InChI=1S/C20H17ClFN3O2/c21-17-10-13(4-5-18(17)22)16-9-15(11-25-19(16)23)12-2-1-3-14(8-12)20(27)24-6-7-26/h1-5,8-11,26H,6-7H2,(H2,23,25)(H,24,27). The molecule has 0 radical (unpaired) electrons. The van der Waals surface area contributed by atoms with Gasteiger partial charge in [-0.15, -0.1) is 0 Å². The fraction of sp³-hybridized carbons (Fsp3) is 0.100. The second kappa shape index (κ2) is 8.16. The Kier molecular flexibility index (Phi) is 5.69. The lowest BCUT2D eigenvalue weighted by Gasteiger charge is -2.10. The van der Waals surface area contributed by atoms with Crippen molar-refractivity contribution < 1.29 is 14.3 Å². The van der Waals surface area contributed by atoms with Gasteiger partial charge in [0.25, 0.3) is 5.91 Å². The van der Waals surface area contributed by atoms with Gasteiger partial charge in [0.15, 0.2) is 0 Å². The summed E-state index contributed by atoms with van der Waals surface area (Å²) in [4.78, 5) is 16.3. The minimum absolute atomic E-state index is 0.000134. The Balaban J connectivity index is 1.99. The molecule has 0 saturated heterocycles. The van der Waals surface area contributed by atoms with Crippen molar-refractivity contribution in [2.24, 2.45) is 0 Å². The molecule has 1 heterocycles. The Labute approximate surface area is 160 Å². The minimum Gasteiger partial charge on any atom is -0.395 e. The monoisotopic (exact) mass is 385 g/mol. The molecule has 0 aliphatic carbocycles. The van der Waals surface area contributed by atoms with Gasteiger partial charge in [0.05, 0.1) is 11.6 Å². The lowest BCUT2D eigenvalue weighted by atomic mass is 9.99. The van der Waals surface area contributed by atoms with E-state index in [0.717, 1.165) is 11.1 Å². The number of carbonyl (C=O) groups excluding carboxylic acids is 1. The van der Waals surface area contributed by atoms with Gasteiger partial charge in [-0.05, 0) is 41.5 Å².